The van der Waals surface area contributed by atoms with Crippen LogP contribution in [0, 0.1) is 10.1 Å². The molecular weight excluding hydrogens is 419 g/mol. The number of aliphatic hydroxyl groups is 1. The second-order valence-electron chi connectivity index (χ2n) is 7.38. The van der Waals surface area contributed by atoms with Crippen molar-refractivity contribution in [2.75, 3.05) is 25.0 Å². The number of aryl methyl sites for hydroxylation is 1. The molecule has 0 bridgehead atoms. The van der Waals surface area contributed by atoms with Crippen LogP contribution in [0.25, 0.3) is 0 Å². The Bertz CT molecular complexity index is 972. The molecule has 3 rings (SSSR count). The molecule has 0 aliphatic carbocycles. The van der Waals surface area contributed by atoms with Crippen LogP contribution in [0.15, 0.2) is 30.6 Å². The van der Waals surface area contributed by atoms with Gasteiger partial charge in [0.05, 0.1) is 4.92 Å². The number of nitrogens with zero attached hydrogens (tertiary/aromatic N) is 4. The fourth-order valence-corrected chi connectivity index (χ4v) is 3.60. The quantitative estimate of drug-likeness (QED) is 0.505. The molecule has 0 spiro atoms. The molecule has 1 aromatic heterocycles. The summed E-state index contributed by atoms with van der Waals surface area (Å²) in [7, 11) is 1.35. The highest BCUT2D eigenvalue weighted by molar-refractivity contribution is 5.99. The summed E-state index contributed by atoms with van der Waals surface area (Å²) in [5, 5.41) is 24.4. The predicted molar refractivity (Wildman–Crippen MR) is 105 cm³/mol. The molecule has 1 aliphatic rings. The summed E-state index contributed by atoms with van der Waals surface area (Å²) in [6.45, 7) is 0.671. The Labute approximate surface area is 175 Å². The molecule has 0 radical (unpaired) electrons. The summed E-state index contributed by atoms with van der Waals surface area (Å²) in [4.78, 5) is 28.5. The lowest BCUT2D eigenvalue weighted by Gasteiger charge is -2.30. The van der Waals surface area contributed by atoms with Crippen LogP contribution in [-0.2, 0) is 12.6 Å². The Hall–Kier alpha value is -3.15. The molecule has 2 heterocycles. The highest BCUT2D eigenvalue weighted by Crippen LogP contribution is 2.40. The van der Waals surface area contributed by atoms with Crippen molar-refractivity contribution in [2.24, 2.45) is 7.05 Å². The van der Waals surface area contributed by atoms with Crippen molar-refractivity contribution in [1.82, 2.24) is 14.5 Å². The summed E-state index contributed by atoms with van der Waals surface area (Å²) >= 11 is 0. The minimum atomic E-state index is -4.97. The molecule has 9 nitrogen and oxygen atoms in total. The van der Waals surface area contributed by atoms with E-state index in [0.717, 1.165) is 29.7 Å². The number of nitro groups is 1. The van der Waals surface area contributed by atoms with Crippen LogP contribution in [0.5, 0.6) is 0 Å². The van der Waals surface area contributed by atoms with E-state index in [4.69, 9.17) is 0 Å². The monoisotopic (exact) mass is 441 g/mol. The third-order valence-corrected chi connectivity index (χ3v) is 5.29. The third kappa shape index (κ3) is 4.48. The molecule has 31 heavy (non-hydrogen) atoms. The first-order valence-electron chi connectivity index (χ1n) is 9.63. The van der Waals surface area contributed by atoms with Gasteiger partial charge in [0.2, 0.25) is 5.60 Å². The minimum Gasteiger partial charge on any atom is -0.385 e. The van der Waals surface area contributed by atoms with E-state index in [1.54, 1.807) is 0 Å². The molecule has 168 valence electrons. The molecule has 1 atom stereocenters. The standard InChI is InChI=1S/C19H22F3N5O4/c1-25-11-8-24-17(25)18(29,19(20,21)22)6-7-23-13-4-5-15(27(30)31)14(12-13)16(28)26-9-2-3-10-26/h4-5,8,11-12,23,29H,2-3,6-7,9-10H2,1H3/t18-/m1/s1. The molecular formula is C19H22F3N5O4. The molecule has 1 aromatic carbocycles. The van der Waals surface area contributed by atoms with Crippen molar-refractivity contribution in [3.63, 3.8) is 0 Å². The number of imidazole rings is 1. The number of nitro benzene ring substituents is 1. The predicted octanol–water partition coefficient (Wildman–Crippen LogP) is 2.82. The van der Waals surface area contributed by atoms with E-state index in [9.17, 15) is 33.2 Å². The van der Waals surface area contributed by atoms with Crippen LogP contribution < -0.4 is 5.32 Å². The van der Waals surface area contributed by atoms with Crippen molar-refractivity contribution in [1.29, 1.82) is 0 Å². The first kappa shape index (κ1) is 22.5. The van der Waals surface area contributed by atoms with E-state index in [-0.39, 0.29) is 23.5 Å². The summed E-state index contributed by atoms with van der Waals surface area (Å²) < 4.78 is 41.9. The number of halogens is 3. The highest BCUT2D eigenvalue weighted by Gasteiger charge is 2.57. The van der Waals surface area contributed by atoms with Crippen LogP contribution in [0.2, 0.25) is 0 Å². The molecule has 1 saturated heterocycles. The van der Waals surface area contributed by atoms with Gasteiger partial charge in [-0.2, -0.15) is 13.2 Å². The number of anilines is 1. The normalized spacial score (nSPS) is 16.2. The smallest absolute Gasteiger partial charge is 0.385 e. The first-order valence-corrected chi connectivity index (χ1v) is 9.63. The van der Waals surface area contributed by atoms with Crippen LogP contribution in [0.3, 0.4) is 0 Å². The van der Waals surface area contributed by atoms with E-state index in [1.165, 1.54) is 30.3 Å². The van der Waals surface area contributed by atoms with Crippen molar-refractivity contribution in [3.05, 3.63) is 52.1 Å². The maximum atomic E-state index is 13.6. The highest BCUT2D eigenvalue weighted by atomic mass is 19.4. The van der Waals surface area contributed by atoms with Gasteiger partial charge in [-0.05, 0) is 25.0 Å². The van der Waals surface area contributed by atoms with E-state index < -0.39 is 34.9 Å². The fraction of sp³-hybridized carbons (Fsp3) is 0.474. The van der Waals surface area contributed by atoms with E-state index in [1.807, 2.05) is 0 Å². The molecule has 1 amide bonds. The maximum Gasteiger partial charge on any atom is 0.424 e. The van der Waals surface area contributed by atoms with Crippen LogP contribution >= 0.6 is 0 Å². The van der Waals surface area contributed by atoms with E-state index >= 15 is 0 Å². The van der Waals surface area contributed by atoms with Gasteiger partial charge in [-0.25, -0.2) is 4.98 Å². The van der Waals surface area contributed by atoms with Gasteiger partial charge in [0, 0.05) is 57.3 Å². The van der Waals surface area contributed by atoms with Crippen molar-refractivity contribution in [3.8, 4) is 0 Å². The number of carbonyl (C=O) groups is 1. The lowest BCUT2D eigenvalue weighted by atomic mass is 9.97. The van der Waals surface area contributed by atoms with Gasteiger partial charge in [0.25, 0.3) is 11.6 Å². The van der Waals surface area contributed by atoms with Gasteiger partial charge in [-0.1, -0.05) is 0 Å². The molecule has 12 heteroatoms. The average molecular weight is 441 g/mol. The van der Waals surface area contributed by atoms with Crippen LogP contribution in [-0.4, -0.2) is 56.2 Å². The van der Waals surface area contributed by atoms with E-state index in [2.05, 4.69) is 10.3 Å². The lowest BCUT2D eigenvalue weighted by Crippen LogP contribution is -2.45. The summed E-state index contributed by atoms with van der Waals surface area (Å²) in [6, 6.07) is 3.71. The Morgan fingerprint density at radius 3 is 2.55 bits per heavy atom. The van der Waals surface area contributed by atoms with Gasteiger partial charge in [-0.15, -0.1) is 0 Å². The number of alkyl halides is 3. The molecule has 0 unspecified atom stereocenters. The summed E-state index contributed by atoms with van der Waals surface area (Å²) in [5.74, 6) is -1.04. The Kier molecular flexibility index (Phi) is 6.20. The SMILES string of the molecule is Cn1ccnc1[C@](O)(CCNc1ccc([N+](=O)[O-])c(C(=O)N2CCCC2)c1)C(F)(F)F. The number of amides is 1. The molecule has 0 saturated carbocycles. The Morgan fingerprint density at radius 2 is 2.00 bits per heavy atom. The zero-order valence-electron chi connectivity index (χ0n) is 16.7. The van der Waals surface area contributed by atoms with Crippen LogP contribution in [0.4, 0.5) is 24.5 Å². The van der Waals surface area contributed by atoms with E-state index in [0.29, 0.717) is 13.1 Å². The van der Waals surface area contributed by atoms with Gasteiger partial charge < -0.3 is 19.9 Å². The van der Waals surface area contributed by atoms with Gasteiger partial charge in [0.15, 0.2) is 0 Å². The third-order valence-electron chi connectivity index (χ3n) is 5.29. The molecule has 1 fully saturated rings. The van der Waals surface area contributed by atoms with Gasteiger partial charge >= 0.3 is 6.18 Å². The number of nitrogens with one attached hydrogen (secondary N) is 1. The maximum absolute atomic E-state index is 13.6. The number of likely N-dealkylation sites (tertiary alicyclic amines) is 1. The number of aromatic nitrogens is 2. The summed E-state index contributed by atoms with van der Waals surface area (Å²) in [5.41, 5.74) is -3.46. The molecule has 2 N–H and O–H groups in total. The van der Waals surface area contributed by atoms with Gasteiger partial charge in [0.1, 0.15) is 11.4 Å². The Morgan fingerprint density at radius 1 is 1.32 bits per heavy atom. The van der Waals surface area contributed by atoms with Crippen molar-refractivity contribution < 1.29 is 28.0 Å². The molecule has 1 aliphatic heterocycles. The largest absolute Gasteiger partial charge is 0.424 e. The number of hydrogen-bond donors (Lipinski definition) is 2. The van der Waals surface area contributed by atoms with Crippen LogP contribution in [0.1, 0.15) is 35.4 Å². The number of hydrogen-bond acceptors (Lipinski definition) is 6. The Balaban J connectivity index is 1.79. The second-order valence-corrected chi connectivity index (χ2v) is 7.38. The lowest BCUT2D eigenvalue weighted by molar-refractivity contribution is -0.385. The van der Waals surface area contributed by atoms with Gasteiger partial charge in [-0.3, -0.25) is 14.9 Å². The average Bonchev–Trinajstić information content (AvgIpc) is 3.38. The number of carbonyl (C=O) groups excluding carboxylic acids is 1. The second kappa shape index (κ2) is 8.53. The minimum absolute atomic E-state index is 0.132. The molecule has 2 aromatic rings. The fourth-order valence-electron chi connectivity index (χ4n) is 3.60. The number of benzene rings is 1. The topological polar surface area (TPSA) is 114 Å². The summed E-state index contributed by atoms with van der Waals surface area (Å²) in [6.07, 6.45) is -1.66. The zero-order chi connectivity index (χ0) is 22.8. The number of rotatable bonds is 7. The first-order chi connectivity index (χ1) is 14.5. The van der Waals surface area contributed by atoms with Crippen molar-refractivity contribution in [2.45, 2.75) is 31.0 Å². The van der Waals surface area contributed by atoms with Crippen molar-refractivity contribution >= 4 is 17.3 Å². The zero-order valence-corrected chi connectivity index (χ0v) is 16.7.